The number of carbonyl (C=O) groups is 3. The van der Waals surface area contributed by atoms with E-state index < -0.39 is 5.97 Å². The van der Waals surface area contributed by atoms with Gasteiger partial charge >= 0.3 is 5.97 Å². The Labute approximate surface area is 127 Å². The molecule has 0 atom stereocenters. The van der Waals surface area contributed by atoms with Crippen LogP contribution >= 0.6 is 0 Å². The second-order valence-electron chi connectivity index (χ2n) is 4.85. The highest BCUT2D eigenvalue weighted by Gasteiger charge is 2.25. The van der Waals surface area contributed by atoms with Gasteiger partial charge in [-0.2, -0.15) is 0 Å². The highest BCUT2D eigenvalue weighted by Crippen LogP contribution is 2.21. The van der Waals surface area contributed by atoms with E-state index in [-0.39, 0.29) is 23.7 Å². The number of carbonyl (C=O) groups excluding carboxylic acids is 3. The lowest BCUT2D eigenvalue weighted by Crippen LogP contribution is -2.21. The van der Waals surface area contributed by atoms with Gasteiger partial charge in [-0.25, -0.2) is 4.79 Å². The first-order valence-electron chi connectivity index (χ1n) is 6.77. The van der Waals surface area contributed by atoms with Gasteiger partial charge in [-0.15, -0.1) is 0 Å². The Bertz CT molecular complexity index is 788. The second-order valence-corrected chi connectivity index (χ2v) is 4.85. The van der Waals surface area contributed by atoms with E-state index in [9.17, 15) is 14.4 Å². The average molecular weight is 292 g/mol. The molecular weight excluding hydrogens is 280 g/mol. The Morgan fingerprint density at radius 2 is 1.50 bits per heavy atom. The van der Waals surface area contributed by atoms with Crippen LogP contribution in [0.5, 0.6) is 0 Å². The molecule has 0 bridgehead atoms. The van der Waals surface area contributed by atoms with E-state index in [4.69, 9.17) is 4.74 Å². The molecule has 0 saturated carbocycles. The van der Waals surface area contributed by atoms with Gasteiger partial charge in [-0.1, -0.05) is 42.5 Å². The molecule has 0 fully saturated rings. The van der Waals surface area contributed by atoms with Crippen molar-refractivity contribution in [2.24, 2.45) is 0 Å². The number of esters is 1. The number of rotatable bonds is 3. The first-order chi connectivity index (χ1) is 10.7. The summed E-state index contributed by atoms with van der Waals surface area (Å²) >= 11 is 0. The van der Waals surface area contributed by atoms with Crippen molar-refractivity contribution < 1.29 is 19.1 Å². The molecule has 3 rings (SSSR count). The number of benzene rings is 2. The molecule has 0 radical (unpaired) electrons. The molecule has 4 heteroatoms. The van der Waals surface area contributed by atoms with Crippen molar-refractivity contribution in [1.82, 2.24) is 0 Å². The zero-order valence-corrected chi connectivity index (χ0v) is 11.6. The Morgan fingerprint density at radius 3 is 2.23 bits per heavy atom. The maximum atomic E-state index is 12.3. The molecule has 0 N–H and O–H groups in total. The Hall–Kier alpha value is -3.01. The highest BCUT2D eigenvalue weighted by molar-refractivity contribution is 6.24. The number of hydrogen-bond acceptors (Lipinski definition) is 4. The summed E-state index contributed by atoms with van der Waals surface area (Å²) in [6.07, 6.45) is 1.24. The maximum absolute atomic E-state index is 12.3. The lowest BCUT2D eigenvalue weighted by molar-refractivity contribution is 0.0535. The van der Waals surface area contributed by atoms with Gasteiger partial charge in [0.25, 0.3) is 0 Å². The summed E-state index contributed by atoms with van der Waals surface area (Å²) in [6, 6.07) is 15.1. The standard InChI is InChI=1S/C18H12O4/c19-16-10-13(17(20)15-9-5-4-8-14(15)16)11-22-18(21)12-6-2-1-3-7-12/h1-10H,11H2. The summed E-state index contributed by atoms with van der Waals surface area (Å²) in [5, 5.41) is 0. The number of allylic oxidation sites excluding steroid dienone is 1. The fourth-order valence-corrected chi connectivity index (χ4v) is 2.28. The molecule has 0 aliphatic heterocycles. The first kappa shape index (κ1) is 13.9. The van der Waals surface area contributed by atoms with Crippen LogP contribution in [0.2, 0.25) is 0 Å². The van der Waals surface area contributed by atoms with Gasteiger partial charge in [-0.05, 0) is 18.2 Å². The first-order valence-corrected chi connectivity index (χ1v) is 6.77. The molecule has 1 aliphatic rings. The maximum Gasteiger partial charge on any atom is 0.338 e. The van der Waals surface area contributed by atoms with Crippen molar-refractivity contribution in [3.63, 3.8) is 0 Å². The predicted molar refractivity (Wildman–Crippen MR) is 79.9 cm³/mol. The molecule has 2 aromatic carbocycles. The lowest BCUT2D eigenvalue weighted by Gasteiger charge is -2.14. The number of fused-ring (bicyclic) bond motifs is 1. The van der Waals surface area contributed by atoms with Crippen LogP contribution < -0.4 is 0 Å². The van der Waals surface area contributed by atoms with Gasteiger partial charge in [0.1, 0.15) is 6.61 Å². The van der Waals surface area contributed by atoms with E-state index in [1.54, 1.807) is 54.6 Å². The zero-order valence-electron chi connectivity index (χ0n) is 11.6. The minimum atomic E-state index is -0.527. The molecule has 0 unspecified atom stereocenters. The molecule has 0 spiro atoms. The van der Waals surface area contributed by atoms with E-state index in [1.165, 1.54) is 6.08 Å². The summed E-state index contributed by atoms with van der Waals surface area (Å²) in [7, 11) is 0. The molecule has 1 aliphatic carbocycles. The summed E-state index contributed by atoms with van der Waals surface area (Å²) in [6.45, 7) is -0.216. The van der Waals surface area contributed by atoms with Crippen LogP contribution in [-0.2, 0) is 4.74 Å². The van der Waals surface area contributed by atoms with Crippen LogP contribution in [0, 0.1) is 0 Å². The third-order valence-corrected chi connectivity index (χ3v) is 3.40. The van der Waals surface area contributed by atoms with Gasteiger partial charge < -0.3 is 4.74 Å². The van der Waals surface area contributed by atoms with E-state index in [0.29, 0.717) is 16.7 Å². The molecule has 0 amide bonds. The molecule has 0 aromatic heterocycles. The minimum absolute atomic E-state index is 0.188. The Morgan fingerprint density at radius 1 is 0.864 bits per heavy atom. The molecular formula is C18H12O4. The van der Waals surface area contributed by atoms with Crippen molar-refractivity contribution in [1.29, 1.82) is 0 Å². The Balaban J connectivity index is 1.76. The predicted octanol–water partition coefficient (Wildman–Crippen LogP) is 2.85. The monoisotopic (exact) mass is 292 g/mol. The largest absolute Gasteiger partial charge is 0.457 e. The quantitative estimate of drug-likeness (QED) is 0.816. The van der Waals surface area contributed by atoms with Crippen LogP contribution in [0.25, 0.3) is 0 Å². The molecule has 2 aromatic rings. The molecule has 0 heterocycles. The van der Waals surface area contributed by atoms with Gasteiger partial charge in [0.05, 0.1) is 5.56 Å². The number of Topliss-reactive ketones (excluding diaryl/α,β-unsaturated/α-hetero) is 1. The van der Waals surface area contributed by atoms with Crippen LogP contribution in [0.15, 0.2) is 66.2 Å². The summed E-state index contributed by atoms with van der Waals surface area (Å²) in [4.78, 5) is 36.2. The molecule has 4 nitrogen and oxygen atoms in total. The third kappa shape index (κ3) is 2.59. The van der Waals surface area contributed by atoms with Crippen LogP contribution in [0.1, 0.15) is 31.1 Å². The van der Waals surface area contributed by atoms with Crippen LogP contribution in [0.4, 0.5) is 0 Å². The molecule has 0 saturated heterocycles. The normalized spacial score (nSPS) is 13.4. The average Bonchev–Trinajstić information content (AvgIpc) is 2.57. The van der Waals surface area contributed by atoms with Crippen molar-refractivity contribution in [2.75, 3.05) is 6.61 Å². The highest BCUT2D eigenvalue weighted by atomic mass is 16.5. The summed E-state index contributed by atoms with van der Waals surface area (Å²) < 4.78 is 5.12. The van der Waals surface area contributed by atoms with Crippen molar-refractivity contribution in [3.05, 3.63) is 82.9 Å². The van der Waals surface area contributed by atoms with Crippen molar-refractivity contribution in [2.45, 2.75) is 0 Å². The summed E-state index contributed by atoms with van der Waals surface area (Å²) in [5.41, 5.74) is 1.32. The van der Waals surface area contributed by atoms with E-state index >= 15 is 0 Å². The smallest absolute Gasteiger partial charge is 0.338 e. The van der Waals surface area contributed by atoms with E-state index in [2.05, 4.69) is 0 Å². The molecule has 108 valence electrons. The van der Waals surface area contributed by atoms with E-state index in [1.807, 2.05) is 0 Å². The Kier molecular flexibility index (Phi) is 3.66. The topological polar surface area (TPSA) is 60.4 Å². The third-order valence-electron chi connectivity index (χ3n) is 3.40. The minimum Gasteiger partial charge on any atom is -0.457 e. The van der Waals surface area contributed by atoms with Crippen molar-refractivity contribution >= 4 is 17.5 Å². The SMILES string of the molecule is O=C(OCC1=CC(=O)c2ccccc2C1=O)c1ccccc1. The van der Waals surface area contributed by atoms with Gasteiger partial charge in [0, 0.05) is 16.7 Å². The van der Waals surface area contributed by atoms with Gasteiger partial charge in [0.15, 0.2) is 11.6 Å². The fraction of sp³-hybridized carbons (Fsp3) is 0.0556. The van der Waals surface area contributed by atoms with Gasteiger partial charge in [-0.3, -0.25) is 9.59 Å². The fourth-order valence-electron chi connectivity index (χ4n) is 2.28. The summed E-state index contributed by atoms with van der Waals surface area (Å²) in [5.74, 6) is -1.06. The second kappa shape index (κ2) is 5.77. The zero-order chi connectivity index (χ0) is 15.5. The van der Waals surface area contributed by atoms with Gasteiger partial charge in [0.2, 0.25) is 0 Å². The molecule has 22 heavy (non-hydrogen) atoms. The van der Waals surface area contributed by atoms with Crippen molar-refractivity contribution in [3.8, 4) is 0 Å². The number of ketones is 2. The lowest BCUT2D eigenvalue weighted by atomic mass is 9.90. The number of ether oxygens (including phenoxy) is 1. The number of hydrogen-bond donors (Lipinski definition) is 0. The van der Waals surface area contributed by atoms with Crippen LogP contribution in [0.3, 0.4) is 0 Å². The van der Waals surface area contributed by atoms with Crippen LogP contribution in [-0.4, -0.2) is 24.1 Å². The van der Waals surface area contributed by atoms with E-state index in [0.717, 1.165) is 0 Å².